The van der Waals surface area contributed by atoms with Gasteiger partial charge in [0.05, 0.1) is 12.5 Å². The number of ether oxygens (including phenoxy) is 2. The Bertz CT molecular complexity index is 608. The van der Waals surface area contributed by atoms with Gasteiger partial charge in [-0.2, -0.15) is 0 Å². The fourth-order valence-corrected chi connectivity index (χ4v) is 3.61. The van der Waals surface area contributed by atoms with Gasteiger partial charge < -0.3 is 9.47 Å². The predicted octanol–water partition coefficient (Wildman–Crippen LogP) is 3.81. The van der Waals surface area contributed by atoms with Gasteiger partial charge in [0.15, 0.2) is 0 Å². The molecule has 5 nitrogen and oxygen atoms in total. The fourth-order valence-electron chi connectivity index (χ4n) is 3.61. The molecule has 2 unspecified atom stereocenters. The van der Waals surface area contributed by atoms with Crippen molar-refractivity contribution in [3.05, 3.63) is 35.9 Å². The standard InChI is InChI=1S/C22H33NO4/c1-5-26-20(24)13-9-12-18-15-23(14-17-10-7-6-8-11-17)16-19(18)21(25)27-22(2,3)4/h6-8,10-11,18-19H,5,9,12-16H2,1-4H3. The van der Waals surface area contributed by atoms with Gasteiger partial charge >= 0.3 is 11.9 Å². The Kier molecular flexibility index (Phi) is 7.84. The molecule has 1 aromatic carbocycles. The molecule has 1 aromatic rings. The SMILES string of the molecule is CCOC(=O)CCCC1CN(Cc2ccccc2)CC1C(=O)OC(C)(C)C. The van der Waals surface area contributed by atoms with Crippen LogP contribution in [0.15, 0.2) is 30.3 Å². The molecule has 1 aliphatic rings. The molecule has 0 aromatic heterocycles. The molecule has 1 heterocycles. The number of rotatable bonds is 8. The first-order valence-corrected chi connectivity index (χ1v) is 9.93. The number of nitrogens with zero attached hydrogens (tertiary/aromatic N) is 1. The topological polar surface area (TPSA) is 55.8 Å². The first kappa shape index (κ1) is 21.4. The summed E-state index contributed by atoms with van der Waals surface area (Å²) in [5.74, 6) is -0.224. The van der Waals surface area contributed by atoms with Crippen LogP contribution in [0.1, 0.15) is 52.5 Å². The van der Waals surface area contributed by atoms with Gasteiger partial charge in [-0.3, -0.25) is 14.5 Å². The summed E-state index contributed by atoms with van der Waals surface area (Å²) in [7, 11) is 0. The third-order valence-corrected chi connectivity index (χ3v) is 4.74. The van der Waals surface area contributed by atoms with Crippen molar-refractivity contribution < 1.29 is 19.1 Å². The highest BCUT2D eigenvalue weighted by molar-refractivity contribution is 5.74. The van der Waals surface area contributed by atoms with Gasteiger partial charge in [0.1, 0.15) is 5.60 Å². The predicted molar refractivity (Wildman–Crippen MR) is 105 cm³/mol. The molecular weight excluding hydrogens is 342 g/mol. The third-order valence-electron chi connectivity index (χ3n) is 4.74. The van der Waals surface area contributed by atoms with E-state index < -0.39 is 5.60 Å². The molecule has 27 heavy (non-hydrogen) atoms. The number of esters is 2. The van der Waals surface area contributed by atoms with E-state index in [9.17, 15) is 9.59 Å². The van der Waals surface area contributed by atoms with Crippen LogP contribution in [-0.2, 0) is 25.6 Å². The van der Waals surface area contributed by atoms with Crippen molar-refractivity contribution in [1.29, 1.82) is 0 Å². The van der Waals surface area contributed by atoms with Crippen LogP contribution >= 0.6 is 0 Å². The average Bonchev–Trinajstić information content (AvgIpc) is 2.97. The van der Waals surface area contributed by atoms with Crippen LogP contribution in [-0.4, -0.2) is 42.1 Å². The summed E-state index contributed by atoms with van der Waals surface area (Å²) < 4.78 is 10.7. The first-order chi connectivity index (χ1) is 12.8. The molecule has 150 valence electrons. The Hall–Kier alpha value is -1.88. The summed E-state index contributed by atoms with van der Waals surface area (Å²) in [5, 5.41) is 0. The smallest absolute Gasteiger partial charge is 0.311 e. The highest BCUT2D eigenvalue weighted by Gasteiger charge is 2.39. The lowest BCUT2D eigenvalue weighted by Gasteiger charge is -2.24. The molecule has 0 spiro atoms. The second-order valence-electron chi connectivity index (χ2n) is 8.28. The van der Waals surface area contributed by atoms with Gasteiger partial charge in [-0.05, 0) is 52.0 Å². The van der Waals surface area contributed by atoms with E-state index in [1.54, 1.807) is 0 Å². The van der Waals surface area contributed by atoms with Gasteiger partial charge in [0.25, 0.3) is 0 Å². The average molecular weight is 376 g/mol. The molecule has 0 bridgehead atoms. The van der Waals surface area contributed by atoms with Crippen molar-refractivity contribution in [3.8, 4) is 0 Å². The van der Waals surface area contributed by atoms with Gasteiger partial charge in [-0.15, -0.1) is 0 Å². The zero-order valence-corrected chi connectivity index (χ0v) is 17.1. The molecule has 5 heteroatoms. The third kappa shape index (κ3) is 7.33. The molecular formula is C22H33NO4. The van der Waals surface area contributed by atoms with Crippen LogP contribution in [0.5, 0.6) is 0 Å². The van der Waals surface area contributed by atoms with Crippen molar-refractivity contribution in [2.75, 3.05) is 19.7 Å². The van der Waals surface area contributed by atoms with E-state index >= 15 is 0 Å². The summed E-state index contributed by atoms with van der Waals surface area (Å²) >= 11 is 0. The maximum atomic E-state index is 12.7. The minimum Gasteiger partial charge on any atom is -0.466 e. The van der Waals surface area contributed by atoms with E-state index in [1.165, 1.54) is 5.56 Å². The molecule has 0 aliphatic carbocycles. The second kappa shape index (κ2) is 9.88. The zero-order valence-electron chi connectivity index (χ0n) is 17.1. The lowest BCUT2D eigenvalue weighted by molar-refractivity contribution is -0.160. The molecule has 2 atom stereocenters. The Morgan fingerprint density at radius 1 is 1.15 bits per heavy atom. The van der Waals surface area contributed by atoms with Crippen LogP contribution in [0.3, 0.4) is 0 Å². The number of hydrogen-bond acceptors (Lipinski definition) is 5. The van der Waals surface area contributed by atoms with Crippen molar-refractivity contribution in [1.82, 2.24) is 4.90 Å². The Labute approximate surface area is 163 Å². The number of carbonyl (C=O) groups excluding carboxylic acids is 2. The normalized spacial score (nSPS) is 20.4. The molecule has 1 aliphatic heterocycles. The highest BCUT2D eigenvalue weighted by Crippen LogP contribution is 2.31. The molecule has 1 saturated heterocycles. The van der Waals surface area contributed by atoms with Gasteiger partial charge in [-0.1, -0.05) is 30.3 Å². The summed E-state index contributed by atoms with van der Waals surface area (Å²) in [4.78, 5) is 26.6. The van der Waals surface area contributed by atoms with E-state index in [2.05, 4.69) is 17.0 Å². The van der Waals surface area contributed by atoms with Crippen LogP contribution in [0.2, 0.25) is 0 Å². The maximum Gasteiger partial charge on any atom is 0.311 e. The summed E-state index contributed by atoms with van der Waals surface area (Å²) in [6.07, 6.45) is 1.97. The molecule has 2 rings (SSSR count). The Morgan fingerprint density at radius 2 is 1.85 bits per heavy atom. The van der Waals surface area contributed by atoms with Crippen LogP contribution in [0, 0.1) is 11.8 Å². The minimum absolute atomic E-state index is 0.126. The number of carbonyl (C=O) groups is 2. The second-order valence-corrected chi connectivity index (χ2v) is 8.28. The Balaban J connectivity index is 1.97. The van der Waals surface area contributed by atoms with E-state index in [1.807, 2.05) is 45.9 Å². The molecule has 0 N–H and O–H groups in total. The summed E-state index contributed by atoms with van der Waals surface area (Å²) in [6, 6.07) is 10.3. The van der Waals surface area contributed by atoms with Crippen molar-refractivity contribution >= 4 is 11.9 Å². The molecule has 0 radical (unpaired) electrons. The first-order valence-electron chi connectivity index (χ1n) is 9.93. The van der Waals surface area contributed by atoms with Crippen LogP contribution in [0.4, 0.5) is 0 Å². The fraction of sp³-hybridized carbons (Fsp3) is 0.636. The largest absolute Gasteiger partial charge is 0.466 e. The maximum absolute atomic E-state index is 12.7. The van der Waals surface area contributed by atoms with Crippen molar-refractivity contribution in [3.63, 3.8) is 0 Å². The lowest BCUT2D eigenvalue weighted by atomic mass is 9.91. The highest BCUT2D eigenvalue weighted by atomic mass is 16.6. The summed E-state index contributed by atoms with van der Waals surface area (Å²) in [5.41, 5.74) is 0.756. The van der Waals surface area contributed by atoms with E-state index in [0.717, 1.165) is 25.9 Å². The molecule has 0 saturated carbocycles. The Morgan fingerprint density at radius 3 is 2.48 bits per heavy atom. The van der Waals surface area contributed by atoms with Crippen LogP contribution in [0.25, 0.3) is 0 Å². The van der Waals surface area contributed by atoms with E-state index in [0.29, 0.717) is 19.6 Å². The number of likely N-dealkylation sites (tertiary alicyclic amines) is 1. The van der Waals surface area contributed by atoms with Crippen LogP contribution < -0.4 is 0 Å². The minimum atomic E-state index is -0.487. The zero-order chi connectivity index (χ0) is 19.9. The number of benzene rings is 1. The van der Waals surface area contributed by atoms with E-state index in [-0.39, 0.29) is 23.8 Å². The van der Waals surface area contributed by atoms with Gasteiger partial charge in [0, 0.05) is 26.1 Å². The van der Waals surface area contributed by atoms with Crippen molar-refractivity contribution in [2.45, 2.75) is 59.1 Å². The molecule has 1 fully saturated rings. The molecule has 0 amide bonds. The van der Waals surface area contributed by atoms with Crippen molar-refractivity contribution in [2.24, 2.45) is 11.8 Å². The summed E-state index contributed by atoms with van der Waals surface area (Å²) in [6.45, 7) is 10.3. The monoisotopic (exact) mass is 375 g/mol. The van der Waals surface area contributed by atoms with Gasteiger partial charge in [0.2, 0.25) is 0 Å². The quantitative estimate of drug-likeness (QED) is 0.647. The number of hydrogen-bond donors (Lipinski definition) is 0. The van der Waals surface area contributed by atoms with E-state index in [4.69, 9.17) is 9.47 Å². The van der Waals surface area contributed by atoms with Gasteiger partial charge in [-0.25, -0.2) is 0 Å². The lowest BCUT2D eigenvalue weighted by Crippen LogP contribution is -2.32.